The van der Waals surface area contributed by atoms with Gasteiger partial charge in [0.25, 0.3) is 0 Å². The molecule has 5 rings (SSSR count). The summed E-state index contributed by atoms with van der Waals surface area (Å²) >= 11 is 1.45. The van der Waals surface area contributed by atoms with E-state index in [0.717, 1.165) is 27.7 Å². The minimum Gasteiger partial charge on any atom is -0.460 e. The van der Waals surface area contributed by atoms with Crippen LogP contribution in [0.15, 0.2) is 71.7 Å². The minimum absolute atomic E-state index is 0.108. The number of benzene rings is 2. The number of aromatic amines is 1. The number of carbonyl (C=O) groups is 4. The molecule has 3 amide bonds. The highest BCUT2D eigenvalue weighted by molar-refractivity contribution is 7.07. The van der Waals surface area contributed by atoms with Gasteiger partial charge in [-0.15, -0.1) is 11.3 Å². The zero-order valence-corrected chi connectivity index (χ0v) is 29.5. The summed E-state index contributed by atoms with van der Waals surface area (Å²) in [5.74, 6) is -1.27. The Balaban J connectivity index is 1.41. The molecule has 0 radical (unpaired) electrons. The number of alkyl carbamates (subject to hydrolysis) is 1. The standard InChI is InChI=1S/C37H45N5O6S/c1-35(2,3)48-34(46)41-36(4,5)32(44)40-30(18-26-20-38-29-15-10-9-14-28(26)29)31(43)42-17-11-16-37(23-42,19-27-22-49-24-39-27)33(45)47-21-25-12-7-6-8-13-25/h6-10,12-15,20,22,24,30,38H,11,16-19,21,23H2,1-5H3,(H,40,44)(H,41,46)/t30-,37+/m1/s1. The van der Waals surface area contributed by atoms with Gasteiger partial charge in [0.05, 0.1) is 16.6 Å². The summed E-state index contributed by atoms with van der Waals surface area (Å²) in [7, 11) is 0. The van der Waals surface area contributed by atoms with Gasteiger partial charge in [-0.05, 0) is 64.7 Å². The molecule has 49 heavy (non-hydrogen) atoms. The Morgan fingerprint density at radius 1 is 1.04 bits per heavy atom. The van der Waals surface area contributed by atoms with E-state index in [2.05, 4.69) is 20.6 Å². The van der Waals surface area contributed by atoms with Crippen molar-refractivity contribution in [1.29, 1.82) is 0 Å². The van der Waals surface area contributed by atoms with Gasteiger partial charge in [-0.1, -0.05) is 48.5 Å². The summed E-state index contributed by atoms with van der Waals surface area (Å²) in [5.41, 5.74) is 1.92. The fraction of sp³-hybridized carbons (Fsp3) is 0.432. The van der Waals surface area contributed by atoms with E-state index >= 15 is 0 Å². The Bertz CT molecular complexity index is 1760. The van der Waals surface area contributed by atoms with Gasteiger partial charge in [-0.25, -0.2) is 9.78 Å². The Morgan fingerprint density at radius 2 is 1.78 bits per heavy atom. The van der Waals surface area contributed by atoms with Crippen molar-refractivity contribution in [3.63, 3.8) is 0 Å². The first kappa shape index (κ1) is 35.6. The van der Waals surface area contributed by atoms with Crippen LogP contribution in [0.1, 0.15) is 64.3 Å². The molecule has 0 aliphatic carbocycles. The molecule has 0 unspecified atom stereocenters. The summed E-state index contributed by atoms with van der Waals surface area (Å²) in [6.45, 7) is 8.95. The molecule has 3 N–H and O–H groups in total. The van der Waals surface area contributed by atoms with Crippen LogP contribution in [0.4, 0.5) is 4.79 Å². The number of carbonyl (C=O) groups excluding carboxylic acids is 4. The van der Waals surface area contributed by atoms with Crippen LogP contribution in [0.2, 0.25) is 0 Å². The highest BCUT2D eigenvalue weighted by Crippen LogP contribution is 2.36. The molecule has 0 spiro atoms. The number of amides is 3. The quantitative estimate of drug-likeness (QED) is 0.176. The second-order valence-corrected chi connectivity index (χ2v) is 14.9. The van der Waals surface area contributed by atoms with Crippen LogP contribution in [0.5, 0.6) is 0 Å². The number of thiazole rings is 1. The normalized spacial score (nSPS) is 17.3. The van der Waals surface area contributed by atoms with Gasteiger partial charge in [-0.3, -0.25) is 14.4 Å². The summed E-state index contributed by atoms with van der Waals surface area (Å²) in [6, 6.07) is 16.2. The molecule has 3 heterocycles. The van der Waals surface area contributed by atoms with E-state index in [1.807, 2.05) is 66.2 Å². The van der Waals surface area contributed by atoms with Gasteiger partial charge in [0.15, 0.2) is 0 Å². The smallest absolute Gasteiger partial charge is 0.408 e. The predicted octanol–water partition coefficient (Wildman–Crippen LogP) is 5.55. The highest BCUT2D eigenvalue weighted by Gasteiger charge is 2.47. The number of aromatic nitrogens is 2. The molecule has 0 saturated carbocycles. The number of rotatable bonds is 11. The van der Waals surface area contributed by atoms with E-state index in [1.54, 1.807) is 45.0 Å². The number of para-hydroxylation sites is 1. The van der Waals surface area contributed by atoms with Crippen molar-refractivity contribution < 1.29 is 28.7 Å². The maximum Gasteiger partial charge on any atom is 0.408 e. The Kier molecular flexibility index (Phi) is 10.8. The van der Waals surface area contributed by atoms with Crippen LogP contribution in [0, 0.1) is 5.41 Å². The zero-order valence-electron chi connectivity index (χ0n) is 28.7. The Morgan fingerprint density at radius 3 is 2.49 bits per heavy atom. The van der Waals surface area contributed by atoms with Crippen molar-refractivity contribution in [3.05, 3.63) is 88.5 Å². The second kappa shape index (κ2) is 14.8. The number of nitrogens with zero attached hydrogens (tertiary/aromatic N) is 2. The number of hydrogen-bond acceptors (Lipinski definition) is 8. The van der Waals surface area contributed by atoms with Crippen LogP contribution in [0.3, 0.4) is 0 Å². The molecule has 1 fully saturated rings. The molecule has 2 aromatic carbocycles. The van der Waals surface area contributed by atoms with Gasteiger partial charge < -0.3 is 30.0 Å². The summed E-state index contributed by atoms with van der Waals surface area (Å²) in [5, 5.41) is 8.41. The Labute approximate surface area is 290 Å². The number of hydrogen-bond donors (Lipinski definition) is 3. The van der Waals surface area contributed by atoms with Gasteiger partial charge in [0.1, 0.15) is 23.8 Å². The molecule has 1 aliphatic rings. The zero-order chi connectivity index (χ0) is 35.2. The van der Waals surface area contributed by atoms with Crippen molar-refractivity contribution in [2.24, 2.45) is 5.41 Å². The van der Waals surface area contributed by atoms with Crippen LogP contribution in [-0.2, 0) is 43.3 Å². The van der Waals surface area contributed by atoms with Gasteiger partial charge in [-0.2, -0.15) is 0 Å². The topological polar surface area (TPSA) is 143 Å². The lowest BCUT2D eigenvalue weighted by Crippen LogP contribution is -2.61. The summed E-state index contributed by atoms with van der Waals surface area (Å²) in [4.78, 5) is 64.3. The van der Waals surface area contributed by atoms with E-state index in [1.165, 1.54) is 11.3 Å². The van der Waals surface area contributed by atoms with E-state index in [-0.39, 0.29) is 31.4 Å². The third-order valence-corrected chi connectivity index (χ3v) is 9.26. The largest absolute Gasteiger partial charge is 0.460 e. The summed E-state index contributed by atoms with van der Waals surface area (Å²) in [6.07, 6.45) is 2.68. The fourth-order valence-electron chi connectivity index (χ4n) is 6.15. The number of ether oxygens (including phenoxy) is 2. The molecule has 4 aromatic rings. The number of esters is 1. The van der Waals surface area contributed by atoms with E-state index < -0.39 is 34.6 Å². The van der Waals surface area contributed by atoms with Crippen molar-refractivity contribution in [3.8, 4) is 0 Å². The maximum atomic E-state index is 14.5. The minimum atomic E-state index is -1.40. The van der Waals surface area contributed by atoms with E-state index in [0.29, 0.717) is 25.8 Å². The monoisotopic (exact) mass is 687 g/mol. The SMILES string of the molecule is CC(C)(C)OC(=O)NC(C)(C)C(=O)N[C@H](Cc1c[nH]c2ccccc12)C(=O)N1CCC[C@@](Cc2cscn2)(C(=O)OCc2ccccc2)C1. The number of nitrogens with one attached hydrogen (secondary N) is 3. The molecule has 0 bridgehead atoms. The molecule has 1 saturated heterocycles. The van der Waals surface area contributed by atoms with Crippen LogP contribution in [0.25, 0.3) is 10.9 Å². The molecular formula is C37H45N5O6S. The van der Waals surface area contributed by atoms with Crippen LogP contribution >= 0.6 is 11.3 Å². The first-order chi connectivity index (χ1) is 23.2. The average Bonchev–Trinajstić information content (AvgIpc) is 3.72. The molecule has 1 aliphatic heterocycles. The van der Waals surface area contributed by atoms with Crippen molar-refractivity contribution in [2.45, 2.75) is 84.1 Å². The van der Waals surface area contributed by atoms with Crippen LogP contribution < -0.4 is 10.6 Å². The van der Waals surface area contributed by atoms with Gasteiger partial charge >= 0.3 is 12.1 Å². The van der Waals surface area contributed by atoms with Crippen molar-refractivity contribution >= 4 is 46.1 Å². The Hall–Kier alpha value is -4.71. The van der Waals surface area contributed by atoms with Gasteiger partial charge in [0, 0.05) is 48.4 Å². The van der Waals surface area contributed by atoms with Crippen molar-refractivity contribution in [2.75, 3.05) is 13.1 Å². The lowest BCUT2D eigenvalue weighted by Gasteiger charge is -2.42. The van der Waals surface area contributed by atoms with Crippen LogP contribution in [-0.4, -0.2) is 69.0 Å². The molecule has 12 heteroatoms. The molecule has 260 valence electrons. The number of piperidine rings is 1. The first-order valence-electron chi connectivity index (χ1n) is 16.5. The molecule has 2 atom stereocenters. The van der Waals surface area contributed by atoms with Crippen molar-refractivity contribution in [1.82, 2.24) is 25.5 Å². The number of fused-ring (bicyclic) bond motifs is 1. The third-order valence-electron chi connectivity index (χ3n) is 8.62. The predicted molar refractivity (Wildman–Crippen MR) is 188 cm³/mol. The average molecular weight is 688 g/mol. The number of H-pyrrole nitrogens is 1. The second-order valence-electron chi connectivity index (χ2n) is 14.2. The number of likely N-dealkylation sites (tertiary alicyclic amines) is 1. The lowest BCUT2D eigenvalue weighted by molar-refractivity contribution is -0.163. The van der Waals surface area contributed by atoms with Gasteiger partial charge in [0.2, 0.25) is 11.8 Å². The molecular weight excluding hydrogens is 643 g/mol. The molecule has 2 aromatic heterocycles. The maximum absolute atomic E-state index is 14.5. The fourth-order valence-corrected chi connectivity index (χ4v) is 6.70. The highest BCUT2D eigenvalue weighted by atomic mass is 32.1. The van der Waals surface area contributed by atoms with E-state index in [4.69, 9.17) is 9.47 Å². The van der Waals surface area contributed by atoms with E-state index in [9.17, 15) is 19.2 Å². The first-order valence-corrected chi connectivity index (χ1v) is 17.4. The summed E-state index contributed by atoms with van der Waals surface area (Å²) < 4.78 is 11.3. The lowest BCUT2D eigenvalue weighted by atomic mass is 9.76. The third kappa shape index (κ3) is 9.05. The molecule has 11 nitrogen and oxygen atoms in total.